The molecule has 1 amide bonds. The first-order valence-corrected chi connectivity index (χ1v) is 11.8. The number of benzene rings is 1. The molecular formula is C20H30N4O4S. The molecule has 8 nitrogen and oxygen atoms in total. The molecular weight excluding hydrogens is 392 g/mol. The van der Waals surface area contributed by atoms with Gasteiger partial charge >= 0.3 is 0 Å². The van der Waals surface area contributed by atoms with Crippen LogP contribution in [0.25, 0.3) is 0 Å². The van der Waals surface area contributed by atoms with E-state index >= 15 is 0 Å². The molecule has 9 heteroatoms. The third kappa shape index (κ3) is 4.84. The Bertz CT molecular complexity index is 913. The lowest BCUT2D eigenvalue weighted by molar-refractivity contribution is -0.118. The molecule has 29 heavy (non-hydrogen) atoms. The number of likely N-dealkylation sites (N-methyl/N-ethyl adjacent to an activating group) is 1. The highest BCUT2D eigenvalue weighted by atomic mass is 32.2. The lowest BCUT2D eigenvalue weighted by atomic mass is 9.96. The van der Waals surface area contributed by atoms with Gasteiger partial charge in [-0.25, -0.2) is 8.42 Å². The van der Waals surface area contributed by atoms with Gasteiger partial charge in [-0.2, -0.15) is 0 Å². The van der Waals surface area contributed by atoms with Crippen molar-refractivity contribution in [1.29, 1.82) is 0 Å². The first-order chi connectivity index (χ1) is 13.7. The van der Waals surface area contributed by atoms with E-state index in [1.807, 2.05) is 18.9 Å². The molecule has 160 valence electrons. The predicted molar refractivity (Wildman–Crippen MR) is 113 cm³/mol. The molecule has 0 saturated carbocycles. The fraction of sp³-hybridized carbons (Fsp3) is 0.550. The summed E-state index contributed by atoms with van der Waals surface area (Å²) in [5.41, 5.74) is 2.90. The number of anilines is 1. The molecule has 1 atom stereocenters. The molecule has 2 N–H and O–H groups in total. The Kier molecular flexibility index (Phi) is 6.38. The smallest absolute Gasteiger partial charge is 0.268 e. The standard InChI is InChI=1S/C20H30N4O4S/c1-5-9-24-12-16-18(21-20(25)19(16)23(3)13-24)15-11-14(22-29(4,26)27)7-8-17(15)28-10-6-2/h7-8,11,18,22H,5-6,9-10,12-13H2,1-4H3,(H,21,25). The molecule has 0 saturated heterocycles. The normalized spacial score (nSPS) is 19.9. The average Bonchev–Trinajstić information content (AvgIpc) is 2.96. The van der Waals surface area contributed by atoms with Crippen LogP contribution >= 0.6 is 0 Å². The van der Waals surface area contributed by atoms with E-state index in [4.69, 9.17) is 4.74 Å². The lowest BCUT2D eigenvalue weighted by Crippen LogP contribution is -2.43. The van der Waals surface area contributed by atoms with Crippen molar-refractivity contribution in [2.45, 2.75) is 32.7 Å². The van der Waals surface area contributed by atoms with E-state index in [9.17, 15) is 13.2 Å². The van der Waals surface area contributed by atoms with Crippen molar-refractivity contribution in [3.63, 3.8) is 0 Å². The van der Waals surface area contributed by atoms with Gasteiger partial charge in [-0.05, 0) is 43.2 Å². The molecule has 1 aromatic rings. The van der Waals surface area contributed by atoms with Gasteiger partial charge in [-0.15, -0.1) is 0 Å². The number of amides is 1. The van der Waals surface area contributed by atoms with Gasteiger partial charge in [-0.3, -0.25) is 14.4 Å². The number of nitrogens with zero attached hydrogens (tertiary/aromatic N) is 2. The monoisotopic (exact) mass is 422 g/mol. The summed E-state index contributed by atoms with van der Waals surface area (Å²) < 4.78 is 31.8. The summed E-state index contributed by atoms with van der Waals surface area (Å²) in [6.45, 7) is 7.04. The first-order valence-electron chi connectivity index (χ1n) is 9.95. The maximum Gasteiger partial charge on any atom is 0.268 e. The van der Waals surface area contributed by atoms with Crippen LogP contribution in [-0.4, -0.2) is 63.8 Å². The minimum absolute atomic E-state index is 0.105. The van der Waals surface area contributed by atoms with Gasteiger partial charge in [0.1, 0.15) is 11.4 Å². The topological polar surface area (TPSA) is 91.0 Å². The third-order valence-corrected chi connectivity index (χ3v) is 5.56. The van der Waals surface area contributed by atoms with E-state index in [0.717, 1.165) is 36.8 Å². The molecule has 0 fully saturated rings. The van der Waals surface area contributed by atoms with E-state index in [0.29, 0.717) is 37.0 Å². The summed E-state index contributed by atoms with van der Waals surface area (Å²) in [4.78, 5) is 17.0. The lowest BCUT2D eigenvalue weighted by Gasteiger charge is -2.35. The molecule has 0 aromatic heterocycles. The van der Waals surface area contributed by atoms with Gasteiger partial charge in [0, 0.05) is 24.8 Å². The minimum Gasteiger partial charge on any atom is -0.493 e. The second kappa shape index (κ2) is 8.62. The predicted octanol–water partition coefficient (Wildman–Crippen LogP) is 1.89. The van der Waals surface area contributed by atoms with Crippen LogP contribution in [0.3, 0.4) is 0 Å². The molecule has 1 aromatic carbocycles. The molecule has 2 aliphatic heterocycles. The van der Waals surface area contributed by atoms with Crippen molar-refractivity contribution in [1.82, 2.24) is 15.1 Å². The van der Waals surface area contributed by atoms with Crippen LogP contribution in [0.15, 0.2) is 29.5 Å². The Balaban J connectivity index is 2.02. The quantitative estimate of drug-likeness (QED) is 0.665. The summed E-state index contributed by atoms with van der Waals surface area (Å²) in [7, 11) is -1.49. The van der Waals surface area contributed by atoms with Crippen LogP contribution in [0.2, 0.25) is 0 Å². The molecule has 2 aliphatic rings. The molecule has 3 rings (SSSR count). The van der Waals surface area contributed by atoms with Crippen LogP contribution in [-0.2, 0) is 14.8 Å². The number of hydrogen-bond donors (Lipinski definition) is 2. The Morgan fingerprint density at radius 2 is 2.03 bits per heavy atom. The maximum atomic E-state index is 12.7. The Labute approximate surface area is 172 Å². The van der Waals surface area contributed by atoms with E-state index in [1.54, 1.807) is 18.2 Å². The maximum absolute atomic E-state index is 12.7. The third-order valence-electron chi connectivity index (χ3n) is 4.96. The van der Waals surface area contributed by atoms with Crippen LogP contribution in [0.5, 0.6) is 5.75 Å². The van der Waals surface area contributed by atoms with Gasteiger partial charge < -0.3 is 15.0 Å². The Morgan fingerprint density at radius 1 is 1.28 bits per heavy atom. The molecule has 1 unspecified atom stereocenters. The van der Waals surface area contributed by atoms with Crippen molar-refractivity contribution in [2.24, 2.45) is 0 Å². The second-order valence-electron chi connectivity index (χ2n) is 7.65. The fourth-order valence-corrected chi connectivity index (χ4v) is 4.50. The zero-order valence-corrected chi connectivity index (χ0v) is 18.3. The van der Waals surface area contributed by atoms with Gasteiger partial charge in [0.2, 0.25) is 10.0 Å². The first kappa shape index (κ1) is 21.4. The van der Waals surface area contributed by atoms with Crippen molar-refractivity contribution in [3.05, 3.63) is 35.0 Å². The van der Waals surface area contributed by atoms with Crippen LogP contribution < -0.4 is 14.8 Å². The Hall–Kier alpha value is -2.26. The minimum atomic E-state index is -3.41. The highest BCUT2D eigenvalue weighted by Gasteiger charge is 2.39. The van der Waals surface area contributed by atoms with E-state index in [1.165, 1.54) is 0 Å². The zero-order valence-electron chi connectivity index (χ0n) is 17.5. The van der Waals surface area contributed by atoms with Crippen LogP contribution in [0, 0.1) is 0 Å². The van der Waals surface area contributed by atoms with Crippen molar-refractivity contribution >= 4 is 21.6 Å². The van der Waals surface area contributed by atoms with Gasteiger partial charge in [0.05, 0.1) is 25.6 Å². The van der Waals surface area contributed by atoms with Crippen molar-refractivity contribution < 1.29 is 17.9 Å². The summed E-state index contributed by atoms with van der Waals surface area (Å²) in [5.74, 6) is 0.548. The number of hydrogen-bond acceptors (Lipinski definition) is 6. The molecule has 0 radical (unpaired) electrons. The summed E-state index contributed by atoms with van der Waals surface area (Å²) in [5, 5.41) is 3.07. The molecule has 0 spiro atoms. The second-order valence-corrected chi connectivity index (χ2v) is 9.40. The van der Waals surface area contributed by atoms with Crippen LogP contribution in [0.4, 0.5) is 5.69 Å². The largest absolute Gasteiger partial charge is 0.493 e. The number of carbonyl (C=O) groups is 1. The number of sulfonamides is 1. The summed E-state index contributed by atoms with van der Waals surface area (Å²) in [6.07, 6.45) is 2.99. The molecule has 0 bridgehead atoms. The zero-order chi connectivity index (χ0) is 21.2. The Morgan fingerprint density at radius 3 is 2.69 bits per heavy atom. The van der Waals surface area contributed by atoms with Gasteiger partial charge in [0.25, 0.3) is 5.91 Å². The number of carbonyl (C=O) groups excluding carboxylic acids is 1. The highest BCUT2D eigenvalue weighted by molar-refractivity contribution is 7.92. The SMILES string of the molecule is CCCOc1ccc(NS(C)(=O)=O)cc1C1NC(=O)C2=C1CN(CCC)CN2C. The number of rotatable bonds is 8. The molecule has 0 aliphatic carbocycles. The summed E-state index contributed by atoms with van der Waals surface area (Å²) in [6, 6.07) is 4.84. The van der Waals surface area contributed by atoms with Gasteiger partial charge in [-0.1, -0.05) is 13.8 Å². The average molecular weight is 423 g/mol. The summed E-state index contributed by atoms with van der Waals surface area (Å²) >= 11 is 0. The number of nitrogens with one attached hydrogen (secondary N) is 2. The van der Waals surface area contributed by atoms with Crippen molar-refractivity contribution in [3.8, 4) is 5.75 Å². The van der Waals surface area contributed by atoms with E-state index < -0.39 is 10.0 Å². The van der Waals surface area contributed by atoms with E-state index in [2.05, 4.69) is 21.9 Å². The number of ether oxygens (including phenoxy) is 1. The van der Waals surface area contributed by atoms with Crippen molar-refractivity contribution in [2.75, 3.05) is 44.4 Å². The fourth-order valence-electron chi connectivity index (χ4n) is 3.94. The van der Waals surface area contributed by atoms with E-state index in [-0.39, 0.29) is 11.9 Å². The molecule has 2 heterocycles. The highest BCUT2D eigenvalue weighted by Crippen LogP contribution is 2.39. The van der Waals surface area contributed by atoms with Crippen LogP contribution in [0.1, 0.15) is 38.3 Å². The van der Waals surface area contributed by atoms with Gasteiger partial charge in [0.15, 0.2) is 0 Å².